The first-order chi connectivity index (χ1) is 16.8. The smallest absolute Gasteiger partial charge is 0.355 e. The molecular weight excluding hydrogens is 525 g/mol. The summed E-state index contributed by atoms with van der Waals surface area (Å²) in [6, 6.07) is 7.61. The van der Waals surface area contributed by atoms with Crippen molar-refractivity contribution in [1.82, 2.24) is 9.97 Å². The van der Waals surface area contributed by atoms with Crippen molar-refractivity contribution in [2.45, 2.75) is 21.5 Å². The first-order valence-corrected chi connectivity index (χ1v) is 11.1. The number of carbonyl (C=O) groups is 1. The zero-order valence-corrected chi connectivity index (χ0v) is 19.8. The fourth-order valence-electron chi connectivity index (χ4n) is 4.62. The normalized spacial score (nSPS) is 19.9. The number of H-pyrrole nitrogens is 2. The molecule has 0 fully saturated rings. The molecule has 0 unspecified atom stereocenters. The summed E-state index contributed by atoms with van der Waals surface area (Å²) in [7, 11) is 0.912. The molecule has 0 aliphatic carbocycles. The fraction of sp³-hybridized carbons (Fsp3) is 0.217. The number of nitrogens with one attached hydrogen (secondary N) is 2. The van der Waals surface area contributed by atoms with E-state index in [9.17, 15) is 4.79 Å². The van der Waals surface area contributed by atoms with Gasteiger partial charge in [-0.1, -0.05) is 47.5 Å². The van der Waals surface area contributed by atoms with Gasteiger partial charge in [0.1, 0.15) is 0 Å². The van der Waals surface area contributed by atoms with E-state index in [1.54, 1.807) is 0 Å². The van der Waals surface area contributed by atoms with E-state index in [0.29, 0.717) is 10.8 Å². The Morgan fingerprint density at radius 1 is 0.917 bits per heavy atom. The summed E-state index contributed by atoms with van der Waals surface area (Å²) >= 11 is 12.3. The van der Waals surface area contributed by atoms with E-state index in [4.69, 9.17) is 34.7 Å². The number of nitrogens with two attached hydrogens (primary N) is 2. The number of fused-ring (bicyclic) bond motifs is 2. The number of alkyl halides is 4. The molecule has 1 aliphatic heterocycles. The number of ether oxygens (including phenoxy) is 1. The number of hydrogen-bond acceptors (Lipinski definition) is 5. The summed E-state index contributed by atoms with van der Waals surface area (Å²) in [6.45, 7) is 0. The van der Waals surface area contributed by atoms with Gasteiger partial charge in [-0.2, -0.15) is 8.78 Å². The van der Waals surface area contributed by atoms with Crippen molar-refractivity contribution in [2.75, 3.05) is 7.11 Å². The monoisotopic (exact) mass is 541 g/mol. The molecule has 2 aromatic carbocycles. The quantitative estimate of drug-likeness (QED) is 0.134. The van der Waals surface area contributed by atoms with Crippen LogP contribution in [0.1, 0.15) is 11.1 Å². The van der Waals surface area contributed by atoms with Gasteiger partial charge in [0, 0.05) is 34.3 Å². The number of aromatic nitrogens is 2. The molecule has 0 amide bonds. The maximum Gasteiger partial charge on any atom is 0.355 e. The van der Waals surface area contributed by atoms with Crippen LogP contribution >= 0.6 is 23.2 Å². The number of aliphatic imine (C=N–C) groups is 1. The van der Waals surface area contributed by atoms with Crippen LogP contribution in [0.25, 0.3) is 21.8 Å². The molecule has 4 aromatic rings. The molecular formula is C23H17Cl2F4N5O2. The topological polar surface area (TPSA) is 122 Å². The number of aromatic amines is 2. The lowest BCUT2D eigenvalue weighted by Crippen LogP contribution is -2.82. The predicted octanol–water partition coefficient (Wildman–Crippen LogP) is 4.22. The summed E-state index contributed by atoms with van der Waals surface area (Å²) in [5.74, 6) is -8.38. The van der Waals surface area contributed by atoms with E-state index in [-0.39, 0.29) is 11.0 Å². The van der Waals surface area contributed by atoms with Crippen LogP contribution in [0.15, 0.2) is 53.8 Å². The van der Waals surface area contributed by atoms with Gasteiger partial charge in [-0.3, -0.25) is 4.99 Å². The van der Waals surface area contributed by atoms with Gasteiger partial charge in [0.2, 0.25) is 4.33 Å². The SMILES string of the molecule is COC(=O)C1=NC(c2ccc3cc[nH]c3c2F)(c2ccc3cc[nH]c3c2F)C(F)(F)C(N)(N)C1(Cl)Cl. The third-order valence-corrected chi connectivity index (χ3v) is 7.54. The van der Waals surface area contributed by atoms with E-state index >= 15 is 17.6 Å². The van der Waals surface area contributed by atoms with Gasteiger partial charge in [-0.15, -0.1) is 0 Å². The highest BCUT2D eigenvalue weighted by atomic mass is 35.5. The maximum absolute atomic E-state index is 16.7. The van der Waals surface area contributed by atoms with Crippen molar-refractivity contribution in [2.24, 2.45) is 16.5 Å². The average Bonchev–Trinajstić information content (AvgIpc) is 3.50. The first kappa shape index (κ1) is 24.6. The summed E-state index contributed by atoms with van der Waals surface area (Å²) in [6.07, 6.45) is 2.77. The van der Waals surface area contributed by atoms with Crippen LogP contribution in [0, 0.1) is 11.6 Å². The molecule has 0 saturated carbocycles. The number of rotatable bonds is 3. The van der Waals surface area contributed by atoms with Crippen LogP contribution in [0.2, 0.25) is 0 Å². The highest BCUT2D eigenvalue weighted by molar-refractivity contribution is 6.68. The van der Waals surface area contributed by atoms with Gasteiger partial charge in [-0.05, 0) is 12.1 Å². The highest BCUT2D eigenvalue weighted by Gasteiger charge is 2.77. The van der Waals surface area contributed by atoms with Gasteiger partial charge in [0.25, 0.3) is 0 Å². The Hall–Kier alpha value is -3.12. The lowest BCUT2D eigenvalue weighted by Gasteiger charge is -2.53. The number of hydrogen-bond donors (Lipinski definition) is 4. The average molecular weight is 542 g/mol. The Kier molecular flexibility index (Phi) is 5.25. The number of nitrogens with zero attached hydrogens (tertiary/aromatic N) is 1. The molecule has 0 radical (unpaired) electrons. The Bertz CT molecular complexity index is 1500. The number of halogens is 6. The lowest BCUT2D eigenvalue weighted by atomic mass is 9.69. The minimum Gasteiger partial charge on any atom is -0.464 e. The summed E-state index contributed by atoms with van der Waals surface area (Å²) < 4.78 is 66.9. The second-order valence-electron chi connectivity index (χ2n) is 8.42. The van der Waals surface area contributed by atoms with Crippen LogP contribution in [0.4, 0.5) is 17.6 Å². The molecule has 0 spiro atoms. The molecule has 0 saturated heterocycles. The standard InChI is InChI=1S/C23H17Cl2F4N5O2/c1-36-19(35)18-21(24,25)23(30,31)22(28,29)20(34-18,12-4-2-10-6-8-32-16(10)14(12)26)13-5-3-11-7-9-33-17(11)15(13)27/h2-9,32-33H,30-31H2,1H3. The molecule has 13 heteroatoms. The van der Waals surface area contributed by atoms with Gasteiger partial charge >= 0.3 is 11.9 Å². The van der Waals surface area contributed by atoms with E-state index in [1.807, 2.05) is 0 Å². The zero-order valence-electron chi connectivity index (χ0n) is 18.3. The van der Waals surface area contributed by atoms with Gasteiger partial charge in [0.15, 0.2) is 28.5 Å². The Morgan fingerprint density at radius 3 is 1.83 bits per heavy atom. The number of carbonyl (C=O) groups excluding carboxylic acids is 1. The van der Waals surface area contributed by atoms with Crippen LogP contribution in [0.5, 0.6) is 0 Å². The zero-order chi connectivity index (χ0) is 26.3. The Balaban J connectivity index is 2.03. The van der Waals surface area contributed by atoms with Crippen LogP contribution in [-0.4, -0.2) is 44.7 Å². The first-order valence-electron chi connectivity index (χ1n) is 10.4. The molecule has 5 rings (SSSR count). The minimum absolute atomic E-state index is 0.174. The second kappa shape index (κ2) is 7.69. The van der Waals surface area contributed by atoms with E-state index in [2.05, 4.69) is 19.7 Å². The molecule has 3 heterocycles. The number of benzene rings is 2. The molecule has 36 heavy (non-hydrogen) atoms. The second-order valence-corrected chi connectivity index (χ2v) is 9.75. The maximum atomic E-state index is 16.7. The summed E-state index contributed by atoms with van der Waals surface area (Å²) in [5, 5.41) is 0.664. The predicted molar refractivity (Wildman–Crippen MR) is 127 cm³/mol. The molecule has 188 valence electrons. The molecule has 0 bridgehead atoms. The van der Waals surface area contributed by atoms with E-state index < -0.39 is 55.9 Å². The largest absolute Gasteiger partial charge is 0.464 e. The van der Waals surface area contributed by atoms with Crippen molar-refractivity contribution in [1.29, 1.82) is 0 Å². The van der Waals surface area contributed by atoms with Gasteiger partial charge in [0.05, 0.1) is 18.1 Å². The fourth-order valence-corrected chi connectivity index (χ4v) is 5.09. The van der Waals surface area contributed by atoms with E-state index in [1.165, 1.54) is 36.7 Å². The summed E-state index contributed by atoms with van der Waals surface area (Å²) in [5.41, 5.74) is 1.83. The van der Waals surface area contributed by atoms with Gasteiger partial charge in [-0.25, -0.2) is 13.6 Å². The van der Waals surface area contributed by atoms with Crippen molar-refractivity contribution < 1.29 is 27.1 Å². The third kappa shape index (κ3) is 2.82. The van der Waals surface area contributed by atoms with Crippen molar-refractivity contribution in [3.63, 3.8) is 0 Å². The molecule has 1 aliphatic rings. The Morgan fingerprint density at radius 2 is 1.39 bits per heavy atom. The van der Waals surface area contributed by atoms with Crippen molar-refractivity contribution in [3.8, 4) is 0 Å². The molecule has 2 aromatic heterocycles. The lowest BCUT2D eigenvalue weighted by molar-refractivity contribution is -0.139. The highest BCUT2D eigenvalue weighted by Crippen LogP contribution is 2.59. The van der Waals surface area contributed by atoms with Crippen LogP contribution < -0.4 is 11.5 Å². The van der Waals surface area contributed by atoms with Gasteiger partial charge < -0.3 is 26.2 Å². The van der Waals surface area contributed by atoms with Crippen molar-refractivity contribution >= 4 is 56.7 Å². The van der Waals surface area contributed by atoms with Crippen molar-refractivity contribution in [3.05, 3.63) is 71.6 Å². The molecule has 7 nitrogen and oxygen atoms in total. The minimum atomic E-state index is -4.59. The van der Waals surface area contributed by atoms with Crippen LogP contribution in [0.3, 0.4) is 0 Å². The summed E-state index contributed by atoms with van der Waals surface area (Å²) in [4.78, 5) is 21.8. The third-order valence-electron chi connectivity index (χ3n) is 6.56. The van der Waals surface area contributed by atoms with E-state index in [0.717, 1.165) is 19.2 Å². The number of esters is 1. The molecule has 6 N–H and O–H groups in total. The van der Waals surface area contributed by atoms with Crippen LogP contribution in [-0.2, 0) is 15.1 Å². The molecule has 0 atom stereocenters. The number of methoxy groups -OCH3 is 1. The Labute approximate surface area is 210 Å².